The van der Waals surface area contributed by atoms with Crippen LogP contribution in [0.3, 0.4) is 0 Å². The van der Waals surface area contributed by atoms with E-state index in [1.807, 2.05) is 6.07 Å². The lowest BCUT2D eigenvalue weighted by molar-refractivity contribution is 0.769. The monoisotopic (exact) mass is 814 g/mol. The Morgan fingerprint density at radius 3 is 1.61 bits per heavy atom. The Morgan fingerprint density at radius 1 is 0.359 bits per heavy atom. The summed E-state index contributed by atoms with van der Waals surface area (Å²) in [6.45, 7) is 0. The van der Waals surface area contributed by atoms with Gasteiger partial charge in [0.1, 0.15) is 0 Å². The highest BCUT2D eigenvalue weighted by Crippen LogP contribution is 2.57. The fraction of sp³-hybridized carbons (Fsp3) is 0.0323. The van der Waals surface area contributed by atoms with Gasteiger partial charge in [0.05, 0.1) is 16.8 Å². The summed E-state index contributed by atoms with van der Waals surface area (Å²) in [4.78, 5) is 10.7. The van der Waals surface area contributed by atoms with Gasteiger partial charge in [0.15, 0.2) is 5.82 Å². The Bertz CT molecular complexity index is 3400. The molecule has 0 N–H and O–H groups in total. The van der Waals surface area contributed by atoms with Crippen LogP contribution < -0.4 is 0 Å². The third kappa shape index (κ3) is 6.10. The van der Waals surface area contributed by atoms with Gasteiger partial charge in [-0.15, -0.1) is 0 Å². The van der Waals surface area contributed by atoms with E-state index in [1.54, 1.807) is 0 Å². The van der Waals surface area contributed by atoms with Crippen LogP contribution in [0.1, 0.15) is 45.4 Å². The van der Waals surface area contributed by atoms with E-state index in [9.17, 15) is 0 Å². The Labute approximate surface area is 374 Å². The van der Waals surface area contributed by atoms with Crippen molar-refractivity contribution >= 4 is 22.4 Å². The first-order chi connectivity index (χ1) is 31.8. The molecule has 10 aromatic rings. The van der Waals surface area contributed by atoms with Crippen molar-refractivity contribution in [2.24, 2.45) is 0 Å². The van der Waals surface area contributed by atoms with Crippen LogP contribution in [0, 0.1) is 0 Å². The number of hydrogen-bond donors (Lipinski definition) is 0. The van der Waals surface area contributed by atoms with E-state index in [2.05, 4.69) is 237 Å². The van der Waals surface area contributed by atoms with Crippen LogP contribution in [0.2, 0.25) is 0 Å². The second kappa shape index (κ2) is 15.6. The van der Waals surface area contributed by atoms with Crippen molar-refractivity contribution < 1.29 is 0 Å². The lowest BCUT2D eigenvalue weighted by atomic mass is 9.67. The molecule has 0 radical (unpaired) electrons. The molecule has 64 heavy (non-hydrogen) atoms. The zero-order chi connectivity index (χ0) is 42.5. The third-order valence-electron chi connectivity index (χ3n) is 13.2. The molecule has 0 spiro atoms. The molecule has 2 aliphatic rings. The molecule has 9 aromatic carbocycles. The van der Waals surface area contributed by atoms with Gasteiger partial charge in [0.25, 0.3) is 0 Å². The van der Waals surface area contributed by atoms with E-state index >= 15 is 0 Å². The minimum Gasteiger partial charge on any atom is -0.228 e. The van der Waals surface area contributed by atoms with Crippen LogP contribution in [0.25, 0.3) is 78.6 Å². The van der Waals surface area contributed by atoms with Crippen molar-refractivity contribution in [3.05, 3.63) is 276 Å². The molecule has 0 saturated carbocycles. The fourth-order valence-corrected chi connectivity index (χ4v) is 10.4. The molecule has 0 fully saturated rings. The first-order valence-electron chi connectivity index (χ1n) is 22.1. The number of hydrogen-bond acceptors (Lipinski definition) is 2. The van der Waals surface area contributed by atoms with Gasteiger partial charge in [0.2, 0.25) is 0 Å². The van der Waals surface area contributed by atoms with Gasteiger partial charge in [-0.1, -0.05) is 231 Å². The van der Waals surface area contributed by atoms with Crippen LogP contribution in [-0.4, -0.2) is 9.97 Å². The maximum atomic E-state index is 5.36. The van der Waals surface area contributed by atoms with E-state index in [0.29, 0.717) is 5.82 Å². The van der Waals surface area contributed by atoms with Crippen molar-refractivity contribution in [1.29, 1.82) is 0 Å². The largest absolute Gasteiger partial charge is 0.228 e. The van der Waals surface area contributed by atoms with Gasteiger partial charge in [-0.05, 0) is 96.1 Å². The van der Waals surface area contributed by atoms with Crippen LogP contribution >= 0.6 is 0 Å². The first kappa shape index (κ1) is 37.6. The zero-order valence-electron chi connectivity index (χ0n) is 35.2. The number of aromatic nitrogens is 2. The van der Waals surface area contributed by atoms with Gasteiger partial charge in [-0.3, -0.25) is 0 Å². The Balaban J connectivity index is 1.04. The second-order valence-electron chi connectivity index (χ2n) is 16.7. The molecule has 0 unspecified atom stereocenters. The molecule has 1 aromatic heterocycles. The second-order valence-corrected chi connectivity index (χ2v) is 16.7. The average molecular weight is 815 g/mol. The lowest BCUT2D eigenvalue weighted by Crippen LogP contribution is -2.28. The molecule has 0 atom stereocenters. The summed E-state index contributed by atoms with van der Waals surface area (Å²) in [7, 11) is 0. The van der Waals surface area contributed by atoms with Gasteiger partial charge in [-0.2, -0.15) is 0 Å². The number of fused-ring (bicyclic) bond motifs is 5. The molecular formula is C62H42N2. The van der Waals surface area contributed by atoms with Crippen molar-refractivity contribution in [2.75, 3.05) is 0 Å². The number of nitrogens with zero attached hydrogens (tertiary/aromatic N) is 2. The smallest absolute Gasteiger partial charge is 0.160 e. The van der Waals surface area contributed by atoms with Gasteiger partial charge < -0.3 is 0 Å². The number of allylic oxidation sites excluding steroid dienone is 2. The summed E-state index contributed by atoms with van der Waals surface area (Å²) < 4.78 is 0. The van der Waals surface area contributed by atoms with Gasteiger partial charge >= 0.3 is 0 Å². The molecule has 12 rings (SSSR count). The lowest BCUT2D eigenvalue weighted by Gasteiger charge is -2.34. The van der Waals surface area contributed by atoms with E-state index in [-0.39, 0.29) is 0 Å². The van der Waals surface area contributed by atoms with Crippen molar-refractivity contribution in [3.63, 3.8) is 0 Å². The predicted octanol–water partition coefficient (Wildman–Crippen LogP) is 15.5. The third-order valence-corrected chi connectivity index (χ3v) is 13.2. The molecule has 0 saturated heterocycles. The Morgan fingerprint density at radius 2 is 0.891 bits per heavy atom. The van der Waals surface area contributed by atoms with E-state index < -0.39 is 5.41 Å². The summed E-state index contributed by atoms with van der Waals surface area (Å²) in [6.07, 6.45) is 7.72. The first-order valence-corrected chi connectivity index (χ1v) is 22.1. The van der Waals surface area contributed by atoms with Crippen LogP contribution in [0.15, 0.2) is 237 Å². The minimum absolute atomic E-state index is 0.478. The topological polar surface area (TPSA) is 25.8 Å². The van der Waals surface area contributed by atoms with Gasteiger partial charge in [0, 0.05) is 16.7 Å². The van der Waals surface area contributed by atoms with Crippen LogP contribution in [-0.2, 0) is 5.41 Å². The highest BCUT2D eigenvalue weighted by molar-refractivity contribution is 6.05. The minimum atomic E-state index is -0.478. The molecule has 0 aliphatic heterocycles. The van der Waals surface area contributed by atoms with Crippen molar-refractivity contribution in [3.8, 4) is 56.2 Å². The predicted molar refractivity (Wildman–Crippen MR) is 266 cm³/mol. The summed E-state index contributed by atoms with van der Waals surface area (Å²) in [5.41, 5.74) is 19.3. The van der Waals surface area contributed by atoms with E-state index in [1.165, 1.54) is 72.2 Å². The van der Waals surface area contributed by atoms with Crippen LogP contribution in [0.5, 0.6) is 0 Å². The number of rotatable bonds is 7. The SMILES string of the molecule is C1=Cc2c(cccc2-c2cc(-c3ccc(-c4ccc5c(c4)C(c4ccccc4)(c4ccccc4)c4ccccc4-5)c4ccccc34)nc(-c3ccccc3)n2)C(c2ccccc2)=CC1. The highest BCUT2D eigenvalue weighted by Gasteiger charge is 2.46. The molecule has 1 heterocycles. The summed E-state index contributed by atoms with van der Waals surface area (Å²) in [5, 5.41) is 2.32. The van der Waals surface area contributed by atoms with Gasteiger partial charge in [-0.25, -0.2) is 9.97 Å². The summed E-state index contributed by atoms with van der Waals surface area (Å²) >= 11 is 0. The quantitative estimate of drug-likeness (QED) is 0.160. The fourth-order valence-electron chi connectivity index (χ4n) is 10.4. The normalized spacial score (nSPS) is 13.4. The Hall–Kier alpha value is -8.20. The number of benzene rings is 9. The molecular weight excluding hydrogens is 773 g/mol. The van der Waals surface area contributed by atoms with Crippen molar-refractivity contribution in [1.82, 2.24) is 9.97 Å². The van der Waals surface area contributed by atoms with Crippen LogP contribution in [0.4, 0.5) is 0 Å². The average Bonchev–Trinajstić information content (AvgIpc) is 3.49. The molecule has 0 amide bonds. The van der Waals surface area contributed by atoms with E-state index in [4.69, 9.17) is 9.97 Å². The summed E-state index contributed by atoms with van der Waals surface area (Å²) in [6, 6.07) is 81.4. The highest BCUT2D eigenvalue weighted by atomic mass is 14.9. The zero-order valence-corrected chi connectivity index (χ0v) is 35.2. The molecule has 2 aliphatic carbocycles. The summed E-state index contributed by atoms with van der Waals surface area (Å²) in [5.74, 6) is 0.701. The standard InChI is InChI=1S/C62H42N2/c1-5-20-42(21-6-1)47-28-13-14-30-51-50(47)33-19-34-55(51)59-41-60(64-61(63-59)43-22-7-2-8-23-43)56-39-38-48(49-29-15-16-31-52(49)56)44-36-37-54-53-32-17-18-35-57(53)62(58(54)40-44,45-24-9-3-10-25-45)46-26-11-4-12-27-46/h1-12,14-41H,13H2. The molecule has 2 nitrogen and oxygen atoms in total. The molecule has 2 heteroatoms. The van der Waals surface area contributed by atoms with E-state index in [0.717, 1.165) is 39.9 Å². The molecule has 0 bridgehead atoms. The molecule has 300 valence electrons. The van der Waals surface area contributed by atoms with Crippen molar-refractivity contribution in [2.45, 2.75) is 11.8 Å². The maximum Gasteiger partial charge on any atom is 0.160 e. The maximum absolute atomic E-state index is 5.36. The Kier molecular flexibility index (Phi) is 9.16.